The molecule has 0 aliphatic rings. The molecule has 0 atom stereocenters. The summed E-state index contributed by atoms with van der Waals surface area (Å²) in [6.07, 6.45) is 1.67. The van der Waals surface area contributed by atoms with Crippen molar-refractivity contribution in [1.29, 1.82) is 0 Å². The fourth-order valence-corrected chi connectivity index (χ4v) is 3.35. The van der Waals surface area contributed by atoms with E-state index in [9.17, 15) is 17.6 Å². The van der Waals surface area contributed by atoms with Crippen molar-refractivity contribution in [1.82, 2.24) is 0 Å². The van der Waals surface area contributed by atoms with Gasteiger partial charge in [0.2, 0.25) is 0 Å². The lowest BCUT2D eigenvalue weighted by Crippen LogP contribution is -2.26. The molecule has 0 saturated heterocycles. The van der Waals surface area contributed by atoms with Crippen LogP contribution in [-0.4, -0.2) is 27.6 Å². The Morgan fingerprint density at radius 3 is 2.43 bits per heavy atom. The molecular formula is C17H18FNO3S. The summed E-state index contributed by atoms with van der Waals surface area (Å²) in [5.41, 5.74) is 1.31. The SMILES string of the molecule is CCc1ccc(C(=O)N(C)c2cccc(F)c2)cc1S(C)(=O)=O. The van der Waals surface area contributed by atoms with Crippen LogP contribution in [0.3, 0.4) is 0 Å². The number of benzene rings is 2. The topological polar surface area (TPSA) is 54.5 Å². The number of hydrogen-bond donors (Lipinski definition) is 0. The number of nitrogens with zero attached hydrogens (tertiary/aromatic N) is 1. The first-order chi connectivity index (χ1) is 10.7. The van der Waals surface area contributed by atoms with E-state index < -0.39 is 21.6 Å². The second-order valence-electron chi connectivity index (χ2n) is 5.29. The molecule has 6 heteroatoms. The number of anilines is 1. The lowest BCUT2D eigenvalue weighted by atomic mass is 10.1. The van der Waals surface area contributed by atoms with Gasteiger partial charge in [-0.1, -0.05) is 19.1 Å². The van der Waals surface area contributed by atoms with E-state index in [2.05, 4.69) is 0 Å². The molecule has 0 radical (unpaired) electrons. The molecule has 1 amide bonds. The summed E-state index contributed by atoms with van der Waals surface area (Å²) in [5.74, 6) is -0.844. The fraction of sp³-hybridized carbons (Fsp3) is 0.235. The van der Waals surface area contributed by atoms with Gasteiger partial charge in [0.1, 0.15) is 5.82 Å². The van der Waals surface area contributed by atoms with Crippen LogP contribution in [0.5, 0.6) is 0 Å². The Morgan fingerprint density at radius 2 is 1.87 bits per heavy atom. The summed E-state index contributed by atoms with van der Waals surface area (Å²) in [5, 5.41) is 0. The molecule has 0 N–H and O–H groups in total. The summed E-state index contributed by atoms with van der Waals surface area (Å²) in [6, 6.07) is 10.3. The van der Waals surface area contributed by atoms with Crippen molar-refractivity contribution >= 4 is 21.4 Å². The van der Waals surface area contributed by atoms with E-state index >= 15 is 0 Å². The van der Waals surface area contributed by atoms with E-state index in [4.69, 9.17) is 0 Å². The monoisotopic (exact) mass is 335 g/mol. The smallest absolute Gasteiger partial charge is 0.258 e. The molecule has 2 aromatic rings. The number of rotatable bonds is 4. The van der Waals surface area contributed by atoms with Crippen LogP contribution in [-0.2, 0) is 16.3 Å². The standard InChI is InChI=1S/C17H18FNO3S/c1-4-12-8-9-13(10-16(12)23(3,21)22)17(20)19(2)15-7-5-6-14(18)11-15/h5-11H,4H2,1-3H3. The van der Waals surface area contributed by atoms with Crippen molar-refractivity contribution in [3.8, 4) is 0 Å². The van der Waals surface area contributed by atoms with E-state index in [1.807, 2.05) is 6.92 Å². The number of halogens is 1. The van der Waals surface area contributed by atoms with Crippen LogP contribution in [0.15, 0.2) is 47.4 Å². The van der Waals surface area contributed by atoms with E-state index in [1.54, 1.807) is 18.2 Å². The molecule has 0 spiro atoms. The van der Waals surface area contributed by atoms with Gasteiger partial charge in [0.15, 0.2) is 9.84 Å². The molecule has 4 nitrogen and oxygen atoms in total. The molecule has 0 aromatic heterocycles. The van der Waals surface area contributed by atoms with Gasteiger partial charge < -0.3 is 4.90 Å². The maximum absolute atomic E-state index is 13.3. The highest BCUT2D eigenvalue weighted by Gasteiger charge is 2.19. The van der Waals surface area contributed by atoms with Crippen molar-refractivity contribution in [2.75, 3.05) is 18.2 Å². The van der Waals surface area contributed by atoms with Crippen LogP contribution in [0.25, 0.3) is 0 Å². The Bertz CT molecular complexity index is 847. The molecule has 0 bridgehead atoms. The number of aryl methyl sites for hydroxylation is 1. The van der Waals surface area contributed by atoms with Gasteiger partial charge in [-0.05, 0) is 42.3 Å². The van der Waals surface area contributed by atoms with E-state index in [-0.39, 0.29) is 10.5 Å². The average Bonchev–Trinajstić information content (AvgIpc) is 2.52. The van der Waals surface area contributed by atoms with Crippen LogP contribution in [0.1, 0.15) is 22.8 Å². The number of sulfone groups is 1. The molecule has 0 fully saturated rings. The molecule has 0 saturated carbocycles. The second-order valence-corrected chi connectivity index (χ2v) is 7.28. The Kier molecular flexibility index (Phi) is 4.85. The minimum Gasteiger partial charge on any atom is -0.311 e. The Labute approximate surface area is 135 Å². The second kappa shape index (κ2) is 6.50. The lowest BCUT2D eigenvalue weighted by Gasteiger charge is -2.18. The number of carbonyl (C=O) groups excluding carboxylic acids is 1. The third kappa shape index (κ3) is 3.76. The number of amides is 1. The van der Waals surface area contributed by atoms with Gasteiger partial charge in [-0.25, -0.2) is 12.8 Å². The molecule has 0 aliphatic carbocycles. The van der Waals surface area contributed by atoms with Crippen molar-refractivity contribution < 1.29 is 17.6 Å². The Balaban J connectivity index is 2.44. The first-order valence-electron chi connectivity index (χ1n) is 7.10. The summed E-state index contributed by atoms with van der Waals surface area (Å²) >= 11 is 0. The molecule has 2 rings (SSSR count). The molecule has 0 aliphatic heterocycles. The maximum atomic E-state index is 13.3. The van der Waals surface area contributed by atoms with E-state index in [0.29, 0.717) is 17.7 Å². The van der Waals surface area contributed by atoms with Crippen molar-refractivity contribution in [3.05, 3.63) is 59.4 Å². The lowest BCUT2D eigenvalue weighted by molar-refractivity contribution is 0.0993. The quantitative estimate of drug-likeness (QED) is 0.863. The Morgan fingerprint density at radius 1 is 1.17 bits per heavy atom. The number of hydrogen-bond acceptors (Lipinski definition) is 3. The molecule has 23 heavy (non-hydrogen) atoms. The van der Waals surface area contributed by atoms with Gasteiger partial charge in [-0.15, -0.1) is 0 Å². The van der Waals surface area contributed by atoms with E-state index in [1.165, 1.54) is 36.2 Å². The van der Waals surface area contributed by atoms with Gasteiger partial charge in [0.05, 0.1) is 4.90 Å². The average molecular weight is 335 g/mol. The zero-order valence-corrected chi connectivity index (χ0v) is 14.0. The summed E-state index contributed by atoms with van der Waals surface area (Å²) < 4.78 is 37.1. The zero-order valence-electron chi connectivity index (χ0n) is 13.2. The molecule has 2 aromatic carbocycles. The minimum absolute atomic E-state index is 0.151. The molecule has 0 unspecified atom stereocenters. The molecular weight excluding hydrogens is 317 g/mol. The number of carbonyl (C=O) groups is 1. The third-order valence-electron chi connectivity index (χ3n) is 3.59. The normalized spacial score (nSPS) is 11.3. The highest BCUT2D eigenvalue weighted by Crippen LogP contribution is 2.21. The van der Waals surface area contributed by atoms with Gasteiger partial charge >= 0.3 is 0 Å². The van der Waals surface area contributed by atoms with Crippen LogP contribution >= 0.6 is 0 Å². The molecule has 0 heterocycles. The fourth-order valence-electron chi connectivity index (χ4n) is 2.32. The summed E-state index contributed by atoms with van der Waals surface area (Å²) in [4.78, 5) is 14.0. The third-order valence-corrected chi connectivity index (χ3v) is 4.77. The van der Waals surface area contributed by atoms with Crippen LogP contribution in [0, 0.1) is 5.82 Å². The van der Waals surface area contributed by atoms with Crippen molar-refractivity contribution in [2.24, 2.45) is 0 Å². The largest absolute Gasteiger partial charge is 0.311 e. The summed E-state index contributed by atoms with van der Waals surface area (Å²) in [7, 11) is -1.91. The predicted molar refractivity (Wildman–Crippen MR) is 88.1 cm³/mol. The van der Waals surface area contributed by atoms with Crippen molar-refractivity contribution in [3.63, 3.8) is 0 Å². The molecule has 122 valence electrons. The zero-order chi connectivity index (χ0) is 17.2. The first kappa shape index (κ1) is 17.1. The maximum Gasteiger partial charge on any atom is 0.258 e. The van der Waals surface area contributed by atoms with Crippen molar-refractivity contribution in [2.45, 2.75) is 18.2 Å². The van der Waals surface area contributed by atoms with Gasteiger partial charge in [-0.2, -0.15) is 0 Å². The van der Waals surface area contributed by atoms with Crippen LogP contribution in [0.4, 0.5) is 10.1 Å². The van der Waals surface area contributed by atoms with Gasteiger partial charge in [-0.3, -0.25) is 4.79 Å². The van der Waals surface area contributed by atoms with Crippen LogP contribution in [0.2, 0.25) is 0 Å². The van der Waals surface area contributed by atoms with E-state index in [0.717, 1.165) is 6.26 Å². The van der Waals surface area contributed by atoms with Gasteiger partial charge in [0, 0.05) is 24.6 Å². The summed E-state index contributed by atoms with van der Waals surface area (Å²) in [6.45, 7) is 1.85. The van der Waals surface area contributed by atoms with Crippen LogP contribution < -0.4 is 4.90 Å². The predicted octanol–water partition coefficient (Wildman–Crippen LogP) is 3.07. The first-order valence-corrected chi connectivity index (χ1v) is 8.99. The highest BCUT2D eigenvalue weighted by molar-refractivity contribution is 7.90. The van der Waals surface area contributed by atoms with Gasteiger partial charge in [0.25, 0.3) is 5.91 Å². The minimum atomic E-state index is -3.43. The highest BCUT2D eigenvalue weighted by atomic mass is 32.2. The Hall–Kier alpha value is -2.21.